The first-order valence-electron chi connectivity index (χ1n) is 12.5. The van der Waals surface area contributed by atoms with Gasteiger partial charge in [0.25, 0.3) is 0 Å². The standard InChI is InChI=1S/2C11H15N5O5.CH4/c2*1-20-11-14-8(12)5-9(15-11)16(3-13-5)10-7(19)6(18)4(2-17)21-10;/h2*3-4,6-7,10,17-19H,2H2,1H3,(H2,12,14,15);1H4/t2*4-,6-,7-,10?;/m11./s1. The normalized spacial score (nSPS) is 28.5. The average molecular weight is 611 g/mol. The van der Waals surface area contributed by atoms with E-state index in [2.05, 4.69) is 29.9 Å². The van der Waals surface area contributed by atoms with E-state index in [9.17, 15) is 20.4 Å². The van der Waals surface area contributed by atoms with E-state index < -0.39 is 62.3 Å². The van der Waals surface area contributed by atoms with Crippen LogP contribution in [0.1, 0.15) is 19.9 Å². The zero-order chi connectivity index (χ0) is 30.3. The molecule has 6 heterocycles. The molecular formula is C23H34N10O10. The molecule has 0 amide bonds. The van der Waals surface area contributed by atoms with Crippen molar-refractivity contribution in [2.75, 3.05) is 38.9 Å². The van der Waals surface area contributed by atoms with Crippen LogP contribution in [0.4, 0.5) is 11.6 Å². The molecule has 20 nitrogen and oxygen atoms in total. The maximum Gasteiger partial charge on any atom is 0.320 e. The second-order valence-corrected chi connectivity index (χ2v) is 9.30. The minimum Gasteiger partial charge on any atom is -0.467 e. The Hall–Kier alpha value is -4.02. The Morgan fingerprint density at radius 1 is 0.698 bits per heavy atom. The Kier molecular flexibility index (Phi) is 9.41. The number of hydrogen-bond acceptors (Lipinski definition) is 18. The van der Waals surface area contributed by atoms with Crippen LogP contribution in [0.5, 0.6) is 12.0 Å². The number of hydrogen-bond donors (Lipinski definition) is 8. The predicted molar refractivity (Wildman–Crippen MR) is 145 cm³/mol. The van der Waals surface area contributed by atoms with Crippen molar-refractivity contribution in [1.82, 2.24) is 39.0 Å². The summed E-state index contributed by atoms with van der Waals surface area (Å²) in [6, 6.07) is 0.0991. The van der Waals surface area contributed by atoms with Crippen molar-refractivity contribution in [2.45, 2.75) is 56.5 Å². The third-order valence-corrected chi connectivity index (χ3v) is 6.80. The summed E-state index contributed by atoms with van der Waals surface area (Å²) in [5.74, 6) is 0.254. The Labute approximate surface area is 243 Å². The summed E-state index contributed by atoms with van der Waals surface area (Å²) in [5.41, 5.74) is 12.8. The van der Waals surface area contributed by atoms with Gasteiger partial charge in [0.2, 0.25) is 0 Å². The van der Waals surface area contributed by atoms with Crippen LogP contribution in [0.2, 0.25) is 0 Å². The first kappa shape index (κ1) is 31.9. The van der Waals surface area contributed by atoms with Gasteiger partial charge in [-0.1, -0.05) is 7.43 Å². The molecule has 0 bridgehead atoms. The van der Waals surface area contributed by atoms with Crippen molar-refractivity contribution in [3.8, 4) is 12.0 Å². The molecule has 4 aromatic heterocycles. The van der Waals surface area contributed by atoms with E-state index in [1.165, 1.54) is 36.0 Å². The molecule has 2 aliphatic heterocycles. The number of imidazole rings is 2. The topological polar surface area (TPSA) is 298 Å². The van der Waals surface area contributed by atoms with Crippen molar-refractivity contribution in [1.29, 1.82) is 0 Å². The number of fused-ring (bicyclic) bond motifs is 2. The number of rotatable bonds is 6. The Bertz CT molecular complexity index is 1440. The third kappa shape index (κ3) is 5.57. The summed E-state index contributed by atoms with van der Waals surface area (Å²) in [7, 11) is 2.79. The molecule has 8 atom stereocenters. The predicted octanol–water partition coefficient (Wildman–Crippen LogP) is -3.31. The van der Waals surface area contributed by atoms with Crippen LogP contribution in [0.25, 0.3) is 22.3 Å². The average Bonchev–Trinajstić information content (AvgIpc) is 3.74. The van der Waals surface area contributed by atoms with E-state index in [4.69, 9.17) is 40.6 Å². The van der Waals surface area contributed by atoms with Crippen molar-refractivity contribution in [3.05, 3.63) is 12.7 Å². The molecule has 236 valence electrons. The van der Waals surface area contributed by atoms with Crippen LogP contribution in [-0.2, 0) is 9.47 Å². The monoisotopic (exact) mass is 610 g/mol. The second kappa shape index (κ2) is 12.7. The van der Waals surface area contributed by atoms with Crippen molar-refractivity contribution in [2.24, 2.45) is 0 Å². The fourth-order valence-corrected chi connectivity index (χ4v) is 4.61. The van der Waals surface area contributed by atoms with E-state index >= 15 is 0 Å². The van der Waals surface area contributed by atoms with E-state index in [0.717, 1.165) is 0 Å². The lowest BCUT2D eigenvalue weighted by Gasteiger charge is -2.16. The number of nitrogens with two attached hydrogens (primary N) is 2. The lowest BCUT2D eigenvalue weighted by molar-refractivity contribution is -0.0511. The van der Waals surface area contributed by atoms with E-state index in [0.29, 0.717) is 22.3 Å². The van der Waals surface area contributed by atoms with E-state index in [1.807, 2.05) is 0 Å². The van der Waals surface area contributed by atoms with E-state index in [-0.39, 0.29) is 31.1 Å². The highest BCUT2D eigenvalue weighted by Gasteiger charge is 2.45. The van der Waals surface area contributed by atoms with Gasteiger partial charge in [0, 0.05) is 0 Å². The smallest absolute Gasteiger partial charge is 0.320 e. The molecule has 0 radical (unpaired) electrons. The van der Waals surface area contributed by atoms with Gasteiger partial charge in [-0.25, -0.2) is 9.97 Å². The Balaban J connectivity index is 0.000000192. The molecule has 0 aliphatic carbocycles. The Morgan fingerprint density at radius 2 is 1.07 bits per heavy atom. The molecule has 43 heavy (non-hydrogen) atoms. The molecule has 0 saturated carbocycles. The second-order valence-electron chi connectivity index (χ2n) is 9.30. The van der Waals surface area contributed by atoms with Crippen molar-refractivity contribution < 1.29 is 49.6 Å². The van der Waals surface area contributed by atoms with Gasteiger partial charge in [0.05, 0.1) is 40.1 Å². The maximum atomic E-state index is 10.0. The lowest BCUT2D eigenvalue weighted by Crippen LogP contribution is -2.33. The fraction of sp³-hybridized carbons (Fsp3) is 0.565. The first-order valence-corrected chi connectivity index (χ1v) is 12.5. The number of nitrogens with zero attached hydrogens (tertiary/aromatic N) is 8. The molecule has 0 spiro atoms. The highest BCUT2D eigenvalue weighted by molar-refractivity contribution is 5.82. The van der Waals surface area contributed by atoms with E-state index in [1.54, 1.807) is 0 Å². The summed E-state index contributed by atoms with van der Waals surface area (Å²) in [6.45, 7) is -0.830. The summed E-state index contributed by atoms with van der Waals surface area (Å²) >= 11 is 0. The molecule has 4 aromatic rings. The molecule has 20 heteroatoms. The van der Waals surface area contributed by atoms with Crippen LogP contribution in [0.15, 0.2) is 12.7 Å². The van der Waals surface area contributed by atoms with Gasteiger partial charge < -0.3 is 61.1 Å². The first-order chi connectivity index (χ1) is 20.1. The van der Waals surface area contributed by atoms with Crippen molar-refractivity contribution >= 4 is 34.0 Å². The van der Waals surface area contributed by atoms with Gasteiger partial charge in [-0.2, -0.15) is 19.9 Å². The third-order valence-electron chi connectivity index (χ3n) is 6.80. The number of anilines is 2. The maximum absolute atomic E-state index is 10.0. The molecule has 0 aromatic carbocycles. The van der Waals surface area contributed by atoms with Crippen LogP contribution in [-0.4, -0.2) is 134 Å². The fourth-order valence-electron chi connectivity index (χ4n) is 4.61. The van der Waals surface area contributed by atoms with Gasteiger partial charge >= 0.3 is 12.0 Å². The lowest BCUT2D eigenvalue weighted by atomic mass is 10.1. The van der Waals surface area contributed by atoms with Gasteiger partial charge in [-0.15, -0.1) is 0 Å². The van der Waals surface area contributed by atoms with Crippen LogP contribution >= 0.6 is 0 Å². The van der Waals surface area contributed by atoms with Crippen LogP contribution in [0.3, 0.4) is 0 Å². The summed E-state index contributed by atoms with van der Waals surface area (Å²) < 4.78 is 23.6. The zero-order valence-electron chi connectivity index (χ0n) is 22.2. The van der Waals surface area contributed by atoms with Gasteiger partial charge in [0.1, 0.15) is 36.6 Å². The molecule has 6 rings (SSSR count). The summed E-state index contributed by atoms with van der Waals surface area (Å²) in [5, 5.41) is 57.9. The zero-order valence-corrected chi connectivity index (χ0v) is 22.2. The molecule has 2 aliphatic rings. The highest BCUT2D eigenvalue weighted by atomic mass is 16.6. The molecular weight excluding hydrogens is 576 g/mol. The van der Waals surface area contributed by atoms with Crippen LogP contribution in [0, 0.1) is 0 Å². The highest BCUT2D eigenvalue weighted by Crippen LogP contribution is 2.33. The minimum absolute atomic E-state index is 0. The molecule has 2 unspecified atom stereocenters. The number of aliphatic hydroxyl groups excluding tert-OH is 6. The quantitative estimate of drug-likeness (QED) is 0.106. The SMILES string of the molecule is C.COc1nc(N)c2ncn(C3O[C@H](CO)[C@@H](O)[C@H]3O)c2n1.COc1nc(N)c2ncn(C3O[C@H](CO)[C@@H](O)[C@H]3O)c2n1. The number of nitrogen functional groups attached to an aromatic ring is 2. The minimum atomic E-state index is -1.23. The summed E-state index contributed by atoms with van der Waals surface area (Å²) in [4.78, 5) is 24.2. The number of aliphatic hydroxyl groups is 6. The number of methoxy groups -OCH3 is 2. The molecule has 10 N–H and O–H groups in total. The molecule has 2 saturated heterocycles. The summed E-state index contributed by atoms with van der Waals surface area (Å²) in [6.07, 6.45) is -5.81. The molecule has 2 fully saturated rings. The number of aromatic nitrogens is 8. The Morgan fingerprint density at radius 3 is 1.37 bits per heavy atom. The van der Waals surface area contributed by atoms with Gasteiger partial charge in [0.15, 0.2) is 46.4 Å². The van der Waals surface area contributed by atoms with Crippen molar-refractivity contribution in [3.63, 3.8) is 0 Å². The van der Waals surface area contributed by atoms with Crippen LogP contribution < -0.4 is 20.9 Å². The largest absolute Gasteiger partial charge is 0.467 e. The van der Waals surface area contributed by atoms with Gasteiger partial charge in [-0.3, -0.25) is 9.13 Å². The number of ether oxygens (including phenoxy) is 4. The van der Waals surface area contributed by atoms with Gasteiger partial charge in [-0.05, 0) is 0 Å².